The second-order valence-electron chi connectivity index (χ2n) is 1.78. The second-order valence-corrected chi connectivity index (χ2v) is 2.11. The van der Waals surface area contributed by atoms with Crippen molar-refractivity contribution >= 4 is 11.6 Å². The van der Waals surface area contributed by atoms with E-state index in [1.54, 1.807) is 0 Å². The summed E-state index contributed by atoms with van der Waals surface area (Å²) in [6.07, 6.45) is -3.89. The Morgan fingerprint density at radius 3 is 2.25 bits per heavy atom. The standard InChI is InChI=1S/C4HClF4N2O/c5-3-11-10-2(12-3)4(8,9)1(6)7/h1H. The summed E-state index contributed by atoms with van der Waals surface area (Å²) < 4.78 is 51.7. The Kier molecular flexibility index (Phi) is 2.22. The van der Waals surface area contributed by atoms with Gasteiger partial charge in [-0.05, 0) is 11.6 Å². The Balaban J connectivity index is 2.97. The number of nitrogens with zero attached hydrogens (tertiary/aromatic N) is 2. The maximum absolute atomic E-state index is 12.3. The summed E-state index contributed by atoms with van der Waals surface area (Å²) in [5.74, 6) is -5.93. The van der Waals surface area contributed by atoms with Gasteiger partial charge in [-0.2, -0.15) is 8.78 Å². The predicted octanol–water partition coefficient (Wildman–Crippen LogP) is 2.08. The van der Waals surface area contributed by atoms with Crippen LogP contribution >= 0.6 is 11.6 Å². The molecule has 0 aliphatic rings. The molecule has 12 heavy (non-hydrogen) atoms. The Hall–Kier alpha value is -0.850. The fraction of sp³-hybridized carbons (Fsp3) is 0.500. The van der Waals surface area contributed by atoms with Crippen LogP contribution in [0.25, 0.3) is 0 Å². The quantitative estimate of drug-likeness (QED) is 0.693. The van der Waals surface area contributed by atoms with Crippen molar-refractivity contribution in [2.75, 3.05) is 0 Å². The molecule has 0 aliphatic carbocycles. The van der Waals surface area contributed by atoms with Crippen molar-refractivity contribution in [1.29, 1.82) is 0 Å². The highest BCUT2D eigenvalue weighted by atomic mass is 35.5. The molecule has 0 fully saturated rings. The predicted molar refractivity (Wildman–Crippen MR) is 29.2 cm³/mol. The minimum atomic E-state index is -4.44. The van der Waals surface area contributed by atoms with Crippen LogP contribution in [0.3, 0.4) is 0 Å². The van der Waals surface area contributed by atoms with E-state index in [9.17, 15) is 17.6 Å². The van der Waals surface area contributed by atoms with Gasteiger partial charge in [0.05, 0.1) is 0 Å². The van der Waals surface area contributed by atoms with Gasteiger partial charge in [0.1, 0.15) is 0 Å². The zero-order chi connectivity index (χ0) is 9.35. The lowest BCUT2D eigenvalue weighted by Gasteiger charge is -2.08. The minimum Gasteiger partial charge on any atom is -0.406 e. The van der Waals surface area contributed by atoms with Crippen LogP contribution in [-0.2, 0) is 5.92 Å². The van der Waals surface area contributed by atoms with Crippen LogP contribution in [0.2, 0.25) is 5.35 Å². The number of aromatic nitrogens is 2. The van der Waals surface area contributed by atoms with Gasteiger partial charge in [0.15, 0.2) is 0 Å². The summed E-state index contributed by atoms with van der Waals surface area (Å²) in [6, 6.07) is 0. The van der Waals surface area contributed by atoms with Gasteiger partial charge in [-0.25, -0.2) is 8.78 Å². The van der Waals surface area contributed by atoms with Crippen molar-refractivity contribution in [3.63, 3.8) is 0 Å². The van der Waals surface area contributed by atoms with E-state index in [1.165, 1.54) is 0 Å². The minimum absolute atomic E-state index is 0.703. The van der Waals surface area contributed by atoms with Crippen molar-refractivity contribution in [2.45, 2.75) is 12.3 Å². The molecule has 0 aromatic carbocycles. The molecule has 0 N–H and O–H groups in total. The molecule has 1 aromatic heterocycles. The summed E-state index contributed by atoms with van der Waals surface area (Å²) in [4.78, 5) is 0. The maximum Gasteiger partial charge on any atom is 0.382 e. The highest BCUT2D eigenvalue weighted by molar-refractivity contribution is 6.27. The van der Waals surface area contributed by atoms with Crippen LogP contribution in [0.4, 0.5) is 17.6 Å². The number of hydrogen-bond acceptors (Lipinski definition) is 3. The molecule has 0 spiro atoms. The molecule has 0 unspecified atom stereocenters. The normalized spacial score (nSPS) is 12.5. The lowest BCUT2D eigenvalue weighted by molar-refractivity contribution is -0.150. The van der Waals surface area contributed by atoms with E-state index >= 15 is 0 Å². The molecule has 0 aliphatic heterocycles. The number of rotatable bonds is 2. The summed E-state index contributed by atoms with van der Waals surface area (Å²) in [6.45, 7) is 0. The third-order valence-electron chi connectivity index (χ3n) is 0.960. The van der Waals surface area contributed by atoms with Crippen molar-refractivity contribution < 1.29 is 22.0 Å². The average molecular weight is 205 g/mol. The zero-order valence-electron chi connectivity index (χ0n) is 5.27. The molecular formula is C4HClF4N2O. The van der Waals surface area contributed by atoms with Gasteiger partial charge in [-0.15, -0.1) is 5.10 Å². The van der Waals surface area contributed by atoms with E-state index in [0.717, 1.165) is 0 Å². The molecule has 0 radical (unpaired) electrons. The van der Waals surface area contributed by atoms with Crippen LogP contribution in [0.5, 0.6) is 0 Å². The van der Waals surface area contributed by atoms with Gasteiger partial charge in [-0.1, -0.05) is 5.10 Å². The molecule has 0 bridgehead atoms. The number of hydrogen-bond donors (Lipinski definition) is 0. The summed E-state index contributed by atoms with van der Waals surface area (Å²) in [5.41, 5.74) is 0. The van der Waals surface area contributed by atoms with Crippen LogP contribution in [0.15, 0.2) is 4.42 Å². The summed E-state index contributed by atoms with van der Waals surface area (Å²) >= 11 is 4.95. The molecule has 1 rings (SSSR count). The first-order valence-corrected chi connectivity index (χ1v) is 2.98. The Bertz CT molecular complexity index is 276. The number of halogens is 5. The molecule has 1 aromatic rings. The topological polar surface area (TPSA) is 38.9 Å². The smallest absolute Gasteiger partial charge is 0.382 e. The molecule has 0 saturated heterocycles. The molecule has 1 heterocycles. The van der Waals surface area contributed by atoms with E-state index in [0.29, 0.717) is 0 Å². The molecular weight excluding hydrogens is 204 g/mol. The Morgan fingerprint density at radius 1 is 1.33 bits per heavy atom. The van der Waals surface area contributed by atoms with Crippen molar-refractivity contribution in [3.05, 3.63) is 11.2 Å². The Morgan fingerprint density at radius 2 is 1.92 bits per heavy atom. The first-order chi connectivity index (χ1) is 5.44. The molecule has 0 amide bonds. The highest BCUT2D eigenvalue weighted by Crippen LogP contribution is 2.33. The highest BCUT2D eigenvalue weighted by Gasteiger charge is 2.48. The molecule has 3 nitrogen and oxygen atoms in total. The summed E-state index contributed by atoms with van der Waals surface area (Å²) in [5, 5.41) is 4.73. The van der Waals surface area contributed by atoms with E-state index in [4.69, 9.17) is 11.6 Å². The third kappa shape index (κ3) is 1.50. The van der Waals surface area contributed by atoms with Gasteiger partial charge in [0, 0.05) is 0 Å². The van der Waals surface area contributed by atoms with Crippen LogP contribution in [0, 0.1) is 0 Å². The fourth-order valence-corrected chi connectivity index (χ4v) is 0.544. The largest absolute Gasteiger partial charge is 0.406 e. The maximum atomic E-state index is 12.3. The fourth-order valence-electron chi connectivity index (χ4n) is 0.433. The molecule has 0 atom stereocenters. The molecule has 0 saturated carbocycles. The van der Waals surface area contributed by atoms with E-state index in [2.05, 4.69) is 14.6 Å². The SMILES string of the molecule is FC(F)C(F)(F)c1nnc(Cl)o1. The first kappa shape index (κ1) is 9.24. The van der Waals surface area contributed by atoms with Crippen molar-refractivity contribution in [1.82, 2.24) is 10.2 Å². The van der Waals surface area contributed by atoms with Crippen LogP contribution in [-0.4, -0.2) is 16.6 Å². The van der Waals surface area contributed by atoms with Gasteiger partial charge < -0.3 is 4.42 Å². The van der Waals surface area contributed by atoms with Crippen molar-refractivity contribution in [2.24, 2.45) is 0 Å². The summed E-state index contributed by atoms with van der Waals surface area (Å²) in [7, 11) is 0. The lowest BCUT2D eigenvalue weighted by atomic mass is 10.3. The molecule has 8 heteroatoms. The monoisotopic (exact) mass is 204 g/mol. The van der Waals surface area contributed by atoms with Crippen molar-refractivity contribution in [3.8, 4) is 0 Å². The second kappa shape index (κ2) is 2.89. The van der Waals surface area contributed by atoms with Gasteiger partial charge in [0.25, 0.3) is 5.89 Å². The zero-order valence-corrected chi connectivity index (χ0v) is 6.03. The lowest BCUT2D eigenvalue weighted by Crippen LogP contribution is -2.23. The molecule has 68 valence electrons. The van der Waals surface area contributed by atoms with Crippen LogP contribution < -0.4 is 0 Å². The van der Waals surface area contributed by atoms with E-state index in [1.807, 2.05) is 0 Å². The van der Waals surface area contributed by atoms with E-state index < -0.39 is 23.6 Å². The van der Waals surface area contributed by atoms with Gasteiger partial charge in [-0.3, -0.25) is 0 Å². The van der Waals surface area contributed by atoms with Crippen LogP contribution in [0.1, 0.15) is 5.89 Å². The third-order valence-corrected chi connectivity index (χ3v) is 1.11. The average Bonchev–Trinajstić information content (AvgIpc) is 2.35. The number of alkyl halides is 4. The Labute approximate surface area is 68.3 Å². The van der Waals surface area contributed by atoms with Gasteiger partial charge >= 0.3 is 17.7 Å². The van der Waals surface area contributed by atoms with E-state index in [-0.39, 0.29) is 0 Å². The van der Waals surface area contributed by atoms with Gasteiger partial charge in [0.2, 0.25) is 0 Å². The first-order valence-electron chi connectivity index (χ1n) is 2.60.